The van der Waals surface area contributed by atoms with Crippen molar-refractivity contribution in [3.63, 3.8) is 0 Å². The van der Waals surface area contributed by atoms with E-state index in [0.717, 1.165) is 5.56 Å². The van der Waals surface area contributed by atoms with Gasteiger partial charge in [-0.3, -0.25) is 0 Å². The smallest absolute Gasteiger partial charge is 0.338 e. The molecule has 25 heavy (non-hydrogen) atoms. The van der Waals surface area contributed by atoms with E-state index in [1.54, 1.807) is 52.0 Å². The minimum absolute atomic E-state index is 0.223. The standard InChI is InChI=1S/C19H21ClO5/c1-5-23-18(21)15-11(3)25-12(4)16(19(22)24-6-2)17(15)13-7-9-14(20)10-8-13/h7-10,17H,5-6H2,1-4H3. The van der Waals surface area contributed by atoms with Gasteiger partial charge in [-0.15, -0.1) is 0 Å². The van der Waals surface area contributed by atoms with Crippen LogP contribution in [-0.2, 0) is 23.8 Å². The second-order valence-corrected chi connectivity index (χ2v) is 5.90. The van der Waals surface area contributed by atoms with Crippen LogP contribution in [0.4, 0.5) is 0 Å². The van der Waals surface area contributed by atoms with Crippen molar-refractivity contribution in [3.05, 3.63) is 57.5 Å². The van der Waals surface area contributed by atoms with Crippen LogP contribution in [0.2, 0.25) is 5.02 Å². The normalized spacial score (nSPS) is 15.1. The second kappa shape index (κ2) is 8.21. The summed E-state index contributed by atoms with van der Waals surface area (Å²) >= 11 is 5.97. The average Bonchev–Trinajstić information content (AvgIpc) is 2.55. The maximum absolute atomic E-state index is 12.5. The van der Waals surface area contributed by atoms with Gasteiger partial charge in [-0.05, 0) is 45.4 Å². The number of hydrogen-bond acceptors (Lipinski definition) is 5. The Morgan fingerprint density at radius 3 is 1.80 bits per heavy atom. The minimum atomic E-state index is -0.635. The highest BCUT2D eigenvalue weighted by Gasteiger charge is 2.39. The van der Waals surface area contributed by atoms with Crippen molar-refractivity contribution in [1.82, 2.24) is 0 Å². The number of halogens is 1. The first-order chi connectivity index (χ1) is 11.9. The molecule has 0 aromatic heterocycles. The Labute approximate surface area is 152 Å². The molecule has 0 saturated heterocycles. The molecule has 0 bridgehead atoms. The van der Waals surface area contributed by atoms with Gasteiger partial charge in [-0.25, -0.2) is 9.59 Å². The van der Waals surface area contributed by atoms with Gasteiger partial charge in [0.1, 0.15) is 11.5 Å². The summed E-state index contributed by atoms with van der Waals surface area (Å²) in [5.74, 6) is -0.861. The van der Waals surface area contributed by atoms with E-state index in [-0.39, 0.29) is 24.4 Å². The molecule has 1 aromatic carbocycles. The predicted octanol–water partition coefficient (Wildman–Crippen LogP) is 4.13. The fraction of sp³-hybridized carbons (Fsp3) is 0.368. The summed E-state index contributed by atoms with van der Waals surface area (Å²) in [6.07, 6.45) is 0. The second-order valence-electron chi connectivity index (χ2n) is 5.47. The van der Waals surface area contributed by atoms with Gasteiger partial charge in [0.2, 0.25) is 0 Å². The third-order valence-corrected chi connectivity index (χ3v) is 4.09. The number of carbonyl (C=O) groups is 2. The first-order valence-corrected chi connectivity index (χ1v) is 8.47. The maximum Gasteiger partial charge on any atom is 0.338 e. The predicted molar refractivity (Wildman–Crippen MR) is 93.9 cm³/mol. The maximum atomic E-state index is 12.5. The zero-order valence-corrected chi connectivity index (χ0v) is 15.5. The van der Waals surface area contributed by atoms with Gasteiger partial charge in [0.25, 0.3) is 0 Å². The van der Waals surface area contributed by atoms with Crippen LogP contribution in [0.3, 0.4) is 0 Å². The third kappa shape index (κ3) is 4.04. The van der Waals surface area contributed by atoms with Crippen LogP contribution >= 0.6 is 11.6 Å². The van der Waals surface area contributed by atoms with Gasteiger partial charge in [-0.2, -0.15) is 0 Å². The Kier molecular flexibility index (Phi) is 6.26. The van der Waals surface area contributed by atoms with Crippen LogP contribution in [0, 0.1) is 0 Å². The number of carbonyl (C=O) groups excluding carboxylic acids is 2. The van der Waals surface area contributed by atoms with Crippen LogP contribution in [0.25, 0.3) is 0 Å². The number of benzene rings is 1. The summed E-state index contributed by atoms with van der Waals surface area (Å²) in [5.41, 5.74) is 1.31. The molecule has 5 nitrogen and oxygen atoms in total. The van der Waals surface area contributed by atoms with Crippen molar-refractivity contribution in [2.45, 2.75) is 33.6 Å². The number of hydrogen-bond donors (Lipinski definition) is 0. The van der Waals surface area contributed by atoms with Crippen molar-refractivity contribution in [3.8, 4) is 0 Å². The van der Waals surface area contributed by atoms with Gasteiger partial charge >= 0.3 is 11.9 Å². The molecule has 0 aliphatic carbocycles. The molecular formula is C19H21ClO5. The molecule has 1 aromatic rings. The molecule has 0 spiro atoms. The molecule has 0 unspecified atom stereocenters. The molecule has 0 fully saturated rings. The molecule has 0 N–H and O–H groups in total. The van der Waals surface area contributed by atoms with Crippen LogP contribution < -0.4 is 0 Å². The first kappa shape index (κ1) is 19.1. The minimum Gasteiger partial charge on any atom is -0.465 e. The van der Waals surface area contributed by atoms with Crippen molar-refractivity contribution >= 4 is 23.5 Å². The van der Waals surface area contributed by atoms with Gasteiger partial charge in [-0.1, -0.05) is 23.7 Å². The van der Waals surface area contributed by atoms with Crippen molar-refractivity contribution in [2.75, 3.05) is 13.2 Å². The molecule has 0 atom stereocenters. The molecule has 134 valence electrons. The molecular weight excluding hydrogens is 344 g/mol. The van der Waals surface area contributed by atoms with Crippen LogP contribution in [0.5, 0.6) is 0 Å². The Hall–Kier alpha value is -2.27. The van der Waals surface area contributed by atoms with E-state index in [2.05, 4.69) is 0 Å². The fourth-order valence-electron chi connectivity index (χ4n) is 2.82. The summed E-state index contributed by atoms with van der Waals surface area (Å²) < 4.78 is 16.0. The number of allylic oxidation sites excluding steroid dienone is 2. The highest BCUT2D eigenvalue weighted by Crippen LogP contribution is 2.41. The van der Waals surface area contributed by atoms with Crippen LogP contribution in [0.1, 0.15) is 39.2 Å². The van der Waals surface area contributed by atoms with Crippen LogP contribution in [-0.4, -0.2) is 25.2 Å². The van der Waals surface area contributed by atoms with Crippen molar-refractivity contribution in [2.24, 2.45) is 0 Å². The van der Waals surface area contributed by atoms with E-state index in [1.165, 1.54) is 0 Å². The van der Waals surface area contributed by atoms with Gasteiger partial charge in [0.15, 0.2) is 0 Å². The Balaban J connectivity index is 2.61. The topological polar surface area (TPSA) is 61.8 Å². The van der Waals surface area contributed by atoms with E-state index in [1.807, 2.05) is 0 Å². The van der Waals surface area contributed by atoms with Crippen LogP contribution in [0.15, 0.2) is 46.9 Å². The average molecular weight is 365 g/mol. The summed E-state index contributed by atoms with van der Waals surface area (Å²) in [4.78, 5) is 25.1. The Bertz CT molecular complexity index is 691. The summed E-state index contributed by atoms with van der Waals surface area (Å²) in [7, 11) is 0. The highest BCUT2D eigenvalue weighted by molar-refractivity contribution is 6.30. The van der Waals surface area contributed by atoms with E-state index >= 15 is 0 Å². The quantitative estimate of drug-likeness (QED) is 0.735. The van der Waals surface area contributed by atoms with E-state index in [9.17, 15) is 9.59 Å². The Morgan fingerprint density at radius 2 is 1.40 bits per heavy atom. The third-order valence-electron chi connectivity index (χ3n) is 3.84. The zero-order valence-electron chi connectivity index (χ0n) is 14.7. The number of ether oxygens (including phenoxy) is 3. The summed E-state index contributed by atoms with van der Waals surface area (Å²) in [6, 6.07) is 6.97. The zero-order chi connectivity index (χ0) is 18.6. The molecule has 1 heterocycles. The highest BCUT2D eigenvalue weighted by atomic mass is 35.5. The first-order valence-electron chi connectivity index (χ1n) is 8.09. The van der Waals surface area contributed by atoms with E-state index in [0.29, 0.717) is 16.5 Å². The largest absolute Gasteiger partial charge is 0.465 e. The number of rotatable bonds is 5. The van der Waals surface area contributed by atoms with Gasteiger partial charge in [0, 0.05) is 5.02 Å². The van der Waals surface area contributed by atoms with Crippen molar-refractivity contribution < 1.29 is 23.8 Å². The summed E-state index contributed by atoms with van der Waals surface area (Å²) in [6.45, 7) is 7.26. The molecule has 1 aliphatic heterocycles. The molecule has 0 amide bonds. The number of esters is 2. The van der Waals surface area contributed by atoms with Crippen molar-refractivity contribution in [1.29, 1.82) is 0 Å². The van der Waals surface area contributed by atoms with Gasteiger partial charge in [0.05, 0.1) is 30.3 Å². The fourth-order valence-corrected chi connectivity index (χ4v) is 2.95. The van der Waals surface area contributed by atoms with Gasteiger partial charge < -0.3 is 14.2 Å². The SMILES string of the molecule is CCOC(=O)C1=C(C)OC(C)=C(C(=O)OCC)C1c1ccc(Cl)cc1. The van der Waals surface area contributed by atoms with E-state index in [4.69, 9.17) is 25.8 Å². The Morgan fingerprint density at radius 1 is 0.960 bits per heavy atom. The molecule has 0 saturated carbocycles. The molecule has 1 aliphatic rings. The van der Waals surface area contributed by atoms with E-state index < -0.39 is 17.9 Å². The summed E-state index contributed by atoms with van der Waals surface area (Å²) in [5, 5.41) is 0.563. The molecule has 2 rings (SSSR count). The monoisotopic (exact) mass is 364 g/mol. The lowest BCUT2D eigenvalue weighted by Crippen LogP contribution is -2.27. The lowest BCUT2D eigenvalue weighted by molar-refractivity contribution is -0.140. The lowest BCUT2D eigenvalue weighted by Gasteiger charge is -2.29. The molecule has 0 radical (unpaired) electrons. The lowest BCUT2D eigenvalue weighted by atomic mass is 9.82. The molecule has 6 heteroatoms.